The van der Waals surface area contributed by atoms with Crippen molar-refractivity contribution >= 4 is 21.9 Å². The summed E-state index contributed by atoms with van der Waals surface area (Å²) in [5, 5.41) is 9.07. The van der Waals surface area contributed by atoms with Crippen LogP contribution in [0.1, 0.15) is 15.9 Å². The molecule has 0 bridgehead atoms. The van der Waals surface area contributed by atoms with Crippen molar-refractivity contribution in [1.82, 2.24) is 0 Å². The van der Waals surface area contributed by atoms with E-state index in [-0.39, 0.29) is 17.1 Å². The zero-order valence-electron chi connectivity index (χ0n) is 10.3. The van der Waals surface area contributed by atoms with Crippen LogP contribution in [-0.2, 0) is 6.18 Å². The average molecular weight is 361 g/mol. The zero-order chi connectivity index (χ0) is 15.6. The Kier molecular flexibility index (Phi) is 4.22. The molecular formula is C14H8BrF3O3. The Morgan fingerprint density at radius 1 is 1.14 bits per heavy atom. The molecule has 0 radical (unpaired) electrons. The van der Waals surface area contributed by atoms with Crippen LogP contribution in [0.15, 0.2) is 46.9 Å². The number of carboxylic acid groups (broad SMARTS) is 1. The molecule has 1 N–H and O–H groups in total. The first kappa shape index (κ1) is 15.4. The van der Waals surface area contributed by atoms with Crippen LogP contribution < -0.4 is 4.74 Å². The van der Waals surface area contributed by atoms with Gasteiger partial charge in [-0.1, -0.05) is 22.0 Å². The van der Waals surface area contributed by atoms with Crippen LogP contribution in [-0.4, -0.2) is 11.1 Å². The van der Waals surface area contributed by atoms with Gasteiger partial charge >= 0.3 is 12.1 Å². The summed E-state index contributed by atoms with van der Waals surface area (Å²) in [6.07, 6.45) is -4.49. The fourth-order valence-corrected chi connectivity index (χ4v) is 1.98. The number of rotatable bonds is 3. The summed E-state index contributed by atoms with van der Waals surface area (Å²) in [6.45, 7) is 0. The maximum absolute atomic E-state index is 12.6. The summed E-state index contributed by atoms with van der Waals surface area (Å²) in [4.78, 5) is 11.1. The van der Waals surface area contributed by atoms with Crippen LogP contribution in [0.4, 0.5) is 13.2 Å². The lowest BCUT2D eigenvalue weighted by Gasteiger charge is -2.11. The first-order valence-electron chi connectivity index (χ1n) is 5.65. The molecule has 0 atom stereocenters. The predicted octanol–water partition coefficient (Wildman–Crippen LogP) is 4.96. The number of alkyl halides is 3. The SMILES string of the molecule is O=C(O)c1cc(Br)ccc1Oc1cccc(C(F)(F)F)c1. The van der Waals surface area contributed by atoms with E-state index in [4.69, 9.17) is 9.84 Å². The van der Waals surface area contributed by atoms with Crippen LogP contribution in [0.25, 0.3) is 0 Å². The van der Waals surface area contributed by atoms with E-state index in [1.807, 2.05) is 0 Å². The Labute approximate surface area is 126 Å². The Bertz CT molecular complexity index is 683. The lowest BCUT2D eigenvalue weighted by atomic mass is 10.2. The molecule has 2 aromatic rings. The number of halogens is 4. The molecule has 0 unspecified atom stereocenters. The molecule has 0 amide bonds. The van der Waals surface area contributed by atoms with Gasteiger partial charge in [-0.2, -0.15) is 13.2 Å². The maximum atomic E-state index is 12.6. The summed E-state index contributed by atoms with van der Waals surface area (Å²) < 4.78 is 43.6. The molecule has 0 heterocycles. The summed E-state index contributed by atoms with van der Waals surface area (Å²) in [6, 6.07) is 8.45. The number of benzene rings is 2. The van der Waals surface area contributed by atoms with Gasteiger partial charge in [-0.05, 0) is 36.4 Å². The number of hydrogen-bond acceptors (Lipinski definition) is 2. The number of carbonyl (C=O) groups is 1. The van der Waals surface area contributed by atoms with E-state index in [0.717, 1.165) is 12.1 Å². The van der Waals surface area contributed by atoms with Crippen LogP contribution in [0.3, 0.4) is 0 Å². The third-order valence-electron chi connectivity index (χ3n) is 2.56. The molecule has 0 aliphatic rings. The molecule has 110 valence electrons. The number of aromatic carboxylic acids is 1. The van der Waals surface area contributed by atoms with Gasteiger partial charge in [0.2, 0.25) is 0 Å². The standard InChI is InChI=1S/C14H8BrF3O3/c15-9-4-5-12(11(7-9)13(19)20)21-10-3-1-2-8(6-10)14(16,17)18/h1-7H,(H,19,20). The van der Waals surface area contributed by atoms with Crippen LogP contribution in [0.2, 0.25) is 0 Å². The van der Waals surface area contributed by atoms with Gasteiger partial charge in [-0.25, -0.2) is 4.79 Å². The van der Waals surface area contributed by atoms with Crippen molar-refractivity contribution in [3.8, 4) is 11.5 Å². The molecule has 21 heavy (non-hydrogen) atoms. The van der Waals surface area contributed by atoms with E-state index in [1.165, 1.54) is 30.3 Å². The number of ether oxygens (including phenoxy) is 1. The van der Waals surface area contributed by atoms with E-state index in [1.54, 1.807) is 0 Å². The molecule has 7 heteroatoms. The Balaban J connectivity index is 2.37. The van der Waals surface area contributed by atoms with E-state index < -0.39 is 17.7 Å². The van der Waals surface area contributed by atoms with Gasteiger partial charge in [0.15, 0.2) is 0 Å². The maximum Gasteiger partial charge on any atom is 0.416 e. The predicted molar refractivity (Wildman–Crippen MR) is 72.6 cm³/mol. The zero-order valence-corrected chi connectivity index (χ0v) is 11.9. The third kappa shape index (κ3) is 3.75. The van der Waals surface area contributed by atoms with Gasteiger partial charge in [0.1, 0.15) is 17.1 Å². The van der Waals surface area contributed by atoms with Crippen molar-refractivity contribution in [2.24, 2.45) is 0 Å². The van der Waals surface area contributed by atoms with Crippen molar-refractivity contribution in [1.29, 1.82) is 0 Å². The smallest absolute Gasteiger partial charge is 0.416 e. The normalized spacial score (nSPS) is 11.2. The van der Waals surface area contributed by atoms with Crippen LogP contribution in [0.5, 0.6) is 11.5 Å². The first-order chi connectivity index (χ1) is 9.77. The highest BCUT2D eigenvalue weighted by molar-refractivity contribution is 9.10. The van der Waals surface area contributed by atoms with E-state index >= 15 is 0 Å². The Morgan fingerprint density at radius 3 is 2.48 bits per heavy atom. The van der Waals surface area contributed by atoms with E-state index in [0.29, 0.717) is 4.47 Å². The lowest BCUT2D eigenvalue weighted by Crippen LogP contribution is -2.05. The Hall–Kier alpha value is -2.02. The molecule has 0 aliphatic heterocycles. The number of hydrogen-bond donors (Lipinski definition) is 1. The van der Waals surface area contributed by atoms with Gasteiger partial charge in [-0.3, -0.25) is 0 Å². The molecule has 0 aliphatic carbocycles. The molecular weight excluding hydrogens is 353 g/mol. The monoisotopic (exact) mass is 360 g/mol. The van der Waals surface area contributed by atoms with Crippen LogP contribution in [0, 0.1) is 0 Å². The fraction of sp³-hybridized carbons (Fsp3) is 0.0714. The van der Waals surface area contributed by atoms with Crippen molar-refractivity contribution < 1.29 is 27.8 Å². The largest absolute Gasteiger partial charge is 0.478 e. The van der Waals surface area contributed by atoms with Gasteiger partial charge in [0.05, 0.1) is 5.56 Å². The van der Waals surface area contributed by atoms with Crippen molar-refractivity contribution in [2.45, 2.75) is 6.18 Å². The van der Waals surface area contributed by atoms with E-state index in [2.05, 4.69) is 15.9 Å². The van der Waals surface area contributed by atoms with Gasteiger partial charge in [0.25, 0.3) is 0 Å². The second kappa shape index (κ2) is 5.77. The summed E-state index contributed by atoms with van der Waals surface area (Å²) in [5.74, 6) is -1.36. The molecule has 3 nitrogen and oxygen atoms in total. The van der Waals surface area contributed by atoms with Crippen molar-refractivity contribution in [2.75, 3.05) is 0 Å². The topological polar surface area (TPSA) is 46.5 Å². The first-order valence-corrected chi connectivity index (χ1v) is 6.44. The van der Waals surface area contributed by atoms with Gasteiger partial charge in [-0.15, -0.1) is 0 Å². The highest BCUT2D eigenvalue weighted by Crippen LogP contribution is 2.34. The molecule has 0 saturated heterocycles. The van der Waals surface area contributed by atoms with Crippen molar-refractivity contribution in [3.63, 3.8) is 0 Å². The molecule has 0 saturated carbocycles. The van der Waals surface area contributed by atoms with E-state index in [9.17, 15) is 18.0 Å². The highest BCUT2D eigenvalue weighted by atomic mass is 79.9. The number of carboxylic acids is 1. The molecule has 0 spiro atoms. The highest BCUT2D eigenvalue weighted by Gasteiger charge is 2.30. The molecule has 2 rings (SSSR count). The minimum Gasteiger partial charge on any atom is -0.478 e. The second-order valence-electron chi connectivity index (χ2n) is 4.07. The average Bonchev–Trinajstić information content (AvgIpc) is 2.40. The Morgan fingerprint density at radius 2 is 1.86 bits per heavy atom. The lowest BCUT2D eigenvalue weighted by molar-refractivity contribution is -0.137. The quantitative estimate of drug-likeness (QED) is 0.841. The minimum atomic E-state index is -4.49. The molecule has 2 aromatic carbocycles. The minimum absolute atomic E-state index is 0.0370. The third-order valence-corrected chi connectivity index (χ3v) is 3.05. The summed E-state index contributed by atoms with van der Waals surface area (Å²) >= 11 is 3.12. The molecule has 0 aromatic heterocycles. The molecule has 0 fully saturated rings. The van der Waals surface area contributed by atoms with Crippen molar-refractivity contribution in [3.05, 3.63) is 58.1 Å². The summed E-state index contributed by atoms with van der Waals surface area (Å²) in [7, 11) is 0. The van der Waals surface area contributed by atoms with Gasteiger partial charge < -0.3 is 9.84 Å². The van der Waals surface area contributed by atoms with Crippen LogP contribution >= 0.6 is 15.9 Å². The summed E-state index contributed by atoms with van der Waals surface area (Å²) in [5.41, 5.74) is -1.02. The fourth-order valence-electron chi connectivity index (χ4n) is 1.62. The van der Waals surface area contributed by atoms with Gasteiger partial charge in [0, 0.05) is 4.47 Å². The second-order valence-corrected chi connectivity index (χ2v) is 4.99.